The zero-order valence-corrected chi connectivity index (χ0v) is 11.3. The van der Waals surface area contributed by atoms with Crippen LogP contribution in [0.3, 0.4) is 0 Å². The van der Waals surface area contributed by atoms with Gasteiger partial charge in [-0.1, -0.05) is 26.7 Å². The van der Waals surface area contributed by atoms with Crippen LogP contribution in [0, 0.1) is 11.8 Å². The average Bonchev–Trinajstić information content (AvgIpc) is 2.06. The summed E-state index contributed by atoms with van der Waals surface area (Å²) in [5, 5.41) is 0. The van der Waals surface area contributed by atoms with Gasteiger partial charge in [0.1, 0.15) is 8.41 Å². The summed E-state index contributed by atoms with van der Waals surface area (Å²) in [4.78, 5) is 0. The van der Waals surface area contributed by atoms with Crippen molar-refractivity contribution in [3.8, 4) is 0 Å². The van der Waals surface area contributed by atoms with Crippen molar-refractivity contribution in [2.45, 2.75) is 22.3 Å². The third kappa shape index (κ3) is 1.52. The molecule has 2 unspecified atom stereocenters. The van der Waals surface area contributed by atoms with E-state index in [-0.39, 0.29) is 11.8 Å². The lowest BCUT2D eigenvalue weighted by atomic mass is 10.00. The van der Waals surface area contributed by atoms with Crippen molar-refractivity contribution in [1.82, 2.24) is 4.31 Å². The molecule has 0 bridgehead atoms. The molecule has 0 radical (unpaired) electrons. The summed E-state index contributed by atoms with van der Waals surface area (Å²) in [5.74, 6) is 0.549. The zero-order valence-electron chi connectivity index (χ0n) is 6.84. The SMILES string of the molecule is CC1C(C)C(S)(S)N(S)C1(S)S. The summed E-state index contributed by atoms with van der Waals surface area (Å²) >= 11 is 22.0. The first-order valence-electron chi connectivity index (χ1n) is 3.61. The molecule has 1 rings (SSSR count). The molecular formula is C6H13NS5. The van der Waals surface area contributed by atoms with E-state index in [0.717, 1.165) is 0 Å². The smallest absolute Gasteiger partial charge is 0.122 e. The maximum atomic E-state index is 4.43. The summed E-state index contributed by atoms with van der Waals surface area (Å²) in [5.41, 5.74) is 0. The number of thiol groups is 5. The van der Waals surface area contributed by atoms with Crippen molar-refractivity contribution in [2.75, 3.05) is 0 Å². The molecule has 0 aliphatic carbocycles. The Morgan fingerprint density at radius 2 is 1.17 bits per heavy atom. The molecule has 72 valence electrons. The Labute approximate surface area is 101 Å². The fourth-order valence-electron chi connectivity index (χ4n) is 1.30. The van der Waals surface area contributed by atoms with Gasteiger partial charge in [-0.25, -0.2) is 4.31 Å². The highest BCUT2D eigenvalue weighted by Gasteiger charge is 2.56. The zero-order chi connectivity index (χ0) is 9.73. The Morgan fingerprint density at radius 1 is 0.917 bits per heavy atom. The highest BCUT2D eigenvalue weighted by Crippen LogP contribution is 2.57. The fraction of sp³-hybridized carbons (Fsp3) is 1.00. The maximum absolute atomic E-state index is 4.43. The summed E-state index contributed by atoms with van der Waals surface area (Å²) in [6.45, 7) is 4.14. The maximum Gasteiger partial charge on any atom is 0.122 e. The van der Waals surface area contributed by atoms with Crippen molar-refractivity contribution < 1.29 is 0 Å². The molecule has 0 saturated carbocycles. The largest absolute Gasteiger partial charge is 0.203 e. The molecule has 6 heteroatoms. The van der Waals surface area contributed by atoms with E-state index in [1.54, 1.807) is 4.31 Å². The lowest BCUT2D eigenvalue weighted by Crippen LogP contribution is -2.37. The normalized spacial score (nSPS) is 40.2. The number of hydrogen-bond donors (Lipinski definition) is 5. The van der Waals surface area contributed by atoms with E-state index in [9.17, 15) is 0 Å². The van der Waals surface area contributed by atoms with E-state index in [4.69, 9.17) is 0 Å². The predicted molar refractivity (Wildman–Crippen MR) is 70.6 cm³/mol. The Kier molecular flexibility index (Phi) is 3.32. The first-order valence-corrected chi connectivity index (χ1v) is 5.80. The summed E-state index contributed by atoms with van der Waals surface area (Å²) in [6, 6.07) is 0. The summed E-state index contributed by atoms with van der Waals surface area (Å²) < 4.78 is 0.575. The second kappa shape index (κ2) is 3.38. The molecule has 0 aromatic carbocycles. The topological polar surface area (TPSA) is 3.24 Å². The van der Waals surface area contributed by atoms with Crippen LogP contribution in [-0.2, 0) is 0 Å². The molecule has 0 amide bonds. The van der Waals surface area contributed by atoms with E-state index < -0.39 is 8.41 Å². The van der Waals surface area contributed by atoms with Gasteiger partial charge in [0.2, 0.25) is 0 Å². The lowest BCUT2D eigenvalue weighted by molar-refractivity contribution is 0.448. The van der Waals surface area contributed by atoms with Crippen molar-refractivity contribution in [3.05, 3.63) is 0 Å². The minimum Gasteiger partial charge on any atom is -0.203 e. The first-order chi connectivity index (χ1) is 5.22. The molecule has 1 aliphatic heterocycles. The van der Waals surface area contributed by atoms with Gasteiger partial charge in [-0.2, -0.15) is 0 Å². The van der Waals surface area contributed by atoms with Gasteiger partial charge in [-0.15, -0.1) is 50.5 Å². The van der Waals surface area contributed by atoms with Crippen LogP contribution in [0.2, 0.25) is 0 Å². The molecule has 0 aromatic heterocycles. The Hall–Kier alpha value is 1.71. The molecule has 12 heavy (non-hydrogen) atoms. The van der Waals surface area contributed by atoms with Crippen LogP contribution >= 0.6 is 63.3 Å². The van der Waals surface area contributed by atoms with Crippen LogP contribution in [0.25, 0.3) is 0 Å². The van der Waals surface area contributed by atoms with E-state index in [2.05, 4.69) is 77.2 Å². The molecule has 0 N–H and O–H groups in total. The van der Waals surface area contributed by atoms with Gasteiger partial charge < -0.3 is 0 Å². The van der Waals surface area contributed by atoms with Crippen LogP contribution in [0.15, 0.2) is 0 Å². The number of nitrogens with zero attached hydrogens (tertiary/aromatic N) is 1. The summed E-state index contributed by atoms with van der Waals surface area (Å²) in [7, 11) is 0. The van der Waals surface area contributed by atoms with Gasteiger partial charge in [0.05, 0.1) is 0 Å². The minimum atomic E-state index is -0.550. The van der Waals surface area contributed by atoms with Crippen LogP contribution in [-0.4, -0.2) is 12.7 Å². The first kappa shape index (κ1) is 11.8. The van der Waals surface area contributed by atoms with Crippen molar-refractivity contribution in [2.24, 2.45) is 11.8 Å². The van der Waals surface area contributed by atoms with Crippen molar-refractivity contribution in [3.63, 3.8) is 0 Å². The molecule has 1 fully saturated rings. The second-order valence-corrected chi connectivity index (χ2v) is 7.10. The monoisotopic (exact) mass is 259 g/mol. The van der Waals surface area contributed by atoms with Crippen LogP contribution in [0.5, 0.6) is 0 Å². The van der Waals surface area contributed by atoms with Gasteiger partial charge in [0.15, 0.2) is 0 Å². The van der Waals surface area contributed by atoms with E-state index in [1.807, 2.05) is 0 Å². The molecule has 0 aromatic rings. The van der Waals surface area contributed by atoms with Gasteiger partial charge in [0.25, 0.3) is 0 Å². The van der Waals surface area contributed by atoms with E-state index in [1.165, 1.54) is 0 Å². The van der Waals surface area contributed by atoms with Crippen molar-refractivity contribution >= 4 is 63.3 Å². The molecule has 1 saturated heterocycles. The number of hydrogen-bond acceptors (Lipinski definition) is 6. The van der Waals surface area contributed by atoms with Gasteiger partial charge in [-0.05, 0) is 11.8 Å². The highest BCUT2D eigenvalue weighted by molar-refractivity contribution is 8.03. The predicted octanol–water partition coefficient (Wildman–Crippen LogP) is 2.45. The highest BCUT2D eigenvalue weighted by atomic mass is 32.2. The minimum absolute atomic E-state index is 0.275. The second-order valence-electron chi connectivity index (χ2n) is 3.26. The molecule has 1 aliphatic rings. The Morgan fingerprint density at radius 3 is 1.25 bits per heavy atom. The molecule has 2 atom stereocenters. The molecule has 1 heterocycles. The van der Waals surface area contributed by atoms with Gasteiger partial charge in [0, 0.05) is 0 Å². The average molecular weight is 260 g/mol. The van der Waals surface area contributed by atoms with Crippen molar-refractivity contribution in [1.29, 1.82) is 0 Å². The molecule has 1 nitrogen and oxygen atoms in total. The lowest BCUT2D eigenvalue weighted by Gasteiger charge is -2.33. The van der Waals surface area contributed by atoms with E-state index in [0.29, 0.717) is 0 Å². The van der Waals surface area contributed by atoms with Crippen LogP contribution < -0.4 is 0 Å². The third-order valence-corrected chi connectivity index (χ3v) is 6.29. The van der Waals surface area contributed by atoms with E-state index >= 15 is 0 Å². The van der Waals surface area contributed by atoms with Gasteiger partial charge in [-0.3, -0.25) is 0 Å². The van der Waals surface area contributed by atoms with Crippen LogP contribution in [0.4, 0.5) is 0 Å². The Balaban J connectivity index is 3.03. The fourth-order valence-corrected chi connectivity index (χ4v) is 3.50. The van der Waals surface area contributed by atoms with Gasteiger partial charge >= 0.3 is 0 Å². The third-order valence-electron chi connectivity index (χ3n) is 2.60. The quantitative estimate of drug-likeness (QED) is 0.330. The molecular weight excluding hydrogens is 246 g/mol. The standard InChI is InChI=1S/C6H13NS5/c1-3-4(2)6(10,11)7(12)5(3,8)9/h3-4,8-12H,1-2H3. The molecule has 0 spiro atoms. The summed E-state index contributed by atoms with van der Waals surface area (Å²) in [6.07, 6.45) is 0. The number of rotatable bonds is 0. The van der Waals surface area contributed by atoms with Crippen LogP contribution in [0.1, 0.15) is 13.8 Å². The Bertz CT molecular complexity index is 172.